The highest BCUT2D eigenvalue weighted by molar-refractivity contribution is 5.78. The first-order valence-electron chi connectivity index (χ1n) is 8.63. The Morgan fingerprint density at radius 3 is 2.87 bits per heavy atom. The largest absolute Gasteiger partial charge is 0.352 e. The van der Waals surface area contributed by atoms with Gasteiger partial charge in [0.25, 0.3) is 0 Å². The minimum absolute atomic E-state index is 0.0793. The van der Waals surface area contributed by atoms with E-state index in [2.05, 4.69) is 48.3 Å². The molecule has 1 aliphatic heterocycles. The molecule has 1 N–H and O–H groups in total. The molecule has 2 rings (SSSR count). The molecule has 0 saturated carbocycles. The molecule has 0 bridgehead atoms. The summed E-state index contributed by atoms with van der Waals surface area (Å²) in [5, 5.41) is 7.39. The molecule has 6 nitrogen and oxygen atoms in total. The van der Waals surface area contributed by atoms with E-state index in [0.717, 1.165) is 44.5 Å². The molecule has 0 unspecified atom stereocenters. The van der Waals surface area contributed by atoms with Crippen molar-refractivity contribution < 1.29 is 4.79 Å². The third-order valence-corrected chi connectivity index (χ3v) is 4.61. The molecule has 1 amide bonds. The molecule has 0 radical (unpaired) electrons. The summed E-state index contributed by atoms with van der Waals surface area (Å²) in [5.74, 6) is 0.245. The van der Waals surface area contributed by atoms with Gasteiger partial charge in [-0.15, -0.1) is 0 Å². The smallest absolute Gasteiger partial charge is 0.224 e. The number of aromatic nitrogens is 2. The van der Waals surface area contributed by atoms with Gasteiger partial charge in [-0.2, -0.15) is 5.10 Å². The summed E-state index contributed by atoms with van der Waals surface area (Å²) >= 11 is 0. The van der Waals surface area contributed by atoms with Crippen molar-refractivity contribution in [3.63, 3.8) is 0 Å². The molecule has 1 aromatic heterocycles. The Kier molecular flexibility index (Phi) is 6.59. The van der Waals surface area contributed by atoms with Crippen LogP contribution in [0.5, 0.6) is 0 Å². The summed E-state index contributed by atoms with van der Waals surface area (Å²) < 4.78 is 1.93. The van der Waals surface area contributed by atoms with E-state index in [9.17, 15) is 4.79 Å². The average molecular weight is 321 g/mol. The van der Waals surface area contributed by atoms with Crippen LogP contribution in [0.3, 0.4) is 0 Å². The maximum atomic E-state index is 12.5. The summed E-state index contributed by atoms with van der Waals surface area (Å²) in [5.41, 5.74) is 1.07. The molecular formula is C17H31N5O. The molecule has 1 aromatic rings. The van der Waals surface area contributed by atoms with Crippen molar-refractivity contribution in [2.75, 3.05) is 34.2 Å². The average Bonchev–Trinajstić information content (AvgIpc) is 2.85. The molecule has 6 heteroatoms. The van der Waals surface area contributed by atoms with Crippen molar-refractivity contribution in [1.82, 2.24) is 24.9 Å². The monoisotopic (exact) mass is 321 g/mol. The van der Waals surface area contributed by atoms with Gasteiger partial charge in [-0.3, -0.25) is 9.48 Å². The van der Waals surface area contributed by atoms with Gasteiger partial charge in [-0.25, -0.2) is 0 Å². The lowest BCUT2D eigenvalue weighted by Crippen LogP contribution is -2.39. The van der Waals surface area contributed by atoms with Crippen molar-refractivity contribution in [2.24, 2.45) is 5.92 Å². The predicted molar refractivity (Wildman–Crippen MR) is 92.1 cm³/mol. The van der Waals surface area contributed by atoms with Crippen LogP contribution in [-0.2, 0) is 17.9 Å². The van der Waals surface area contributed by atoms with Gasteiger partial charge >= 0.3 is 0 Å². The lowest BCUT2D eigenvalue weighted by Gasteiger charge is -2.25. The maximum absolute atomic E-state index is 12.5. The van der Waals surface area contributed by atoms with Crippen LogP contribution in [0.4, 0.5) is 0 Å². The minimum Gasteiger partial charge on any atom is -0.352 e. The second kappa shape index (κ2) is 8.45. The standard InChI is InChI=1S/C17H31N5O/c1-5-8-22-11-14(10-19-22)9-18-17(23)15-6-7-16(20(2)3)13-21(4)12-15/h10-11,15-16H,5-9,12-13H2,1-4H3,(H,18,23)/t15-,16+/m1/s1. The quantitative estimate of drug-likeness (QED) is 0.855. The minimum atomic E-state index is 0.0793. The normalized spacial score (nSPS) is 23.0. The number of hydrogen-bond acceptors (Lipinski definition) is 4. The SMILES string of the molecule is CCCn1cc(CNC(=O)[C@@H]2CC[C@H](N(C)C)CN(C)C2)cn1. The fourth-order valence-electron chi connectivity index (χ4n) is 3.20. The molecule has 23 heavy (non-hydrogen) atoms. The Hall–Kier alpha value is -1.40. The van der Waals surface area contributed by atoms with E-state index < -0.39 is 0 Å². The lowest BCUT2D eigenvalue weighted by molar-refractivity contribution is -0.125. The van der Waals surface area contributed by atoms with Crippen molar-refractivity contribution in [3.8, 4) is 0 Å². The van der Waals surface area contributed by atoms with Crippen LogP contribution in [0.15, 0.2) is 12.4 Å². The molecule has 2 heterocycles. The van der Waals surface area contributed by atoms with E-state index in [1.54, 1.807) is 0 Å². The van der Waals surface area contributed by atoms with Gasteiger partial charge in [0, 0.05) is 44.0 Å². The molecule has 130 valence electrons. The molecule has 1 saturated heterocycles. The molecule has 2 atom stereocenters. The van der Waals surface area contributed by atoms with Crippen LogP contribution in [0, 0.1) is 5.92 Å². The van der Waals surface area contributed by atoms with E-state index in [1.165, 1.54) is 0 Å². The first-order valence-corrected chi connectivity index (χ1v) is 8.63. The second-order valence-electron chi connectivity index (χ2n) is 6.94. The zero-order valence-corrected chi connectivity index (χ0v) is 15.0. The maximum Gasteiger partial charge on any atom is 0.224 e. The van der Waals surface area contributed by atoms with Crippen LogP contribution in [0.2, 0.25) is 0 Å². The number of aryl methyl sites for hydroxylation is 1. The van der Waals surface area contributed by atoms with Crippen molar-refractivity contribution in [3.05, 3.63) is 18.0 Å². The molecule has 0 aromatic carbocycles. The summed E-state index contributed by atoms with van der Waals surface area (Å²) in [6.45, 7) is 5.49. The van der Waals surface area contributed by atoms with Crippen LogP contribution in [0.1, 0.15) is 31.7 Å². The first kappa shape index (κ1) is 17.9. The molecule has 1 fully saturated rings. The fraction of sp³-hybridized carbons (Fsp3) is 0.765. The number of nitrogens with one attached hydrogen (secondary N) is 1. The Balaban J connectivity index is 1.84. The Labute approximate surface area is 139 Å². The summed E-state index contributed by atoms with van der Waals surface area (Å²) in [7, 11) is 6.34. The van der Waals surface area contributed by atoms with E-state index >= 15 is 0 Å². The van der Waals surface area contributed by atoms with Gasteiger partial charge in [-0.05, 0) is 40.4 Å². The predicted octanol–water partition coefficient (Wildman–Crippen LogP) is 1.18. The van der Waals surface area contributed by atoms with Crippen molar-refractivity contribution in [2.45, 2.75) is 45.3 Å². The Bertz CT molecular complexity index is 499. The summed E-state index contributed by atoms with van der Waals surface area (Å²) in [6, 6.07) is 0.532. The number of amides is 1. The van der Waals surface area contributed by atoms with Gasteiger partial charge in [-0.1, -0.05) is 6.92 Å². The molecule has 1 aliphatic rings. The highest BCUT2D eigenvalue weighted by Gasteiger charge is 2.27. The van der Waals surface area contributed by atoms with Gasteiger partial charge < -0.3 is 15.1 Å². The number of carbonyl (C=O) groups excluding carboxylic acids is 1. The topological polar surface area (TPSA) is 53.4 Å². The van der Waals surface area contributed by atoms with Gasteiger partial charge in [0.2, 0.25) is 5.91 Å². The van der Waals surface area contributed by atoms with Crippen molar-refractivity contribution >= 4 is 5.91 Å². The number of carbonyl (C=O) groups is 1. The van der Waals surface area contributed by atoms with E-state index in [4.69, 9.17) is 0 Å². The zero-order chi connectivity index (χ0) is 16.8. The van der Waals surface area contributed by atoms with Gasteiger partial charge in [0.05, 0.1) is 12.1 Å². The lowest BCUT2D eigenvalue weighted by atomic mass is 10.0. The number of hydrogen-bond donors (Lipinski definition) is 1. The second-order valence-corrected chi connectivity index (χ2v) is 6.94. The van der Waals surface area contributed by atoms with Gasteiger partial charge in [0.15, 0.2) is 0 Å². The number of nitrogens with zero attached hydrogens (tertiary/aromatic N) is 4. The van der Waals surface area contributed by atoms with Crippen LogP contribution < -0.4 is 5.32 Å². The Morgan fingerprint density at radius 2 is 2.17 bits per heavy atom. The molecule has 0 spiro atoms. The van der Waals surface area contributed by atoms with E-state index in [-0.39, 0.29) is 11.8 Å². The van der Waals surface area contributed by atoms with Crippen LogP contribution in [0.25, 0.3) is 0 Å². The first-order chi connectivity index (χ1) is 11.0. The van der Waals surface area contributed by atoms with Crippen LogP contribution in [-0.4, -0.2) is 65.8 Å². The summed E-state index contributed by atoms with van der Waals surface area (Å²) in [6.07, 6.45) is 6.95. The third kappa shape index (κ3) is 5.32. The summed E-state index contributed by atoms with van der Waals surface area (Å²) in [4.78, 5) is 17.0. The fourth-order valence-corrected chi connectivity index (χ4v) is 3.20. The van der Waals surface area contributed by atoms with Gasteiger partial charge in [0.1, 0.15) is 0 Å². The van der Waals surface area contributed by atoms with E-state index in [1.807, 2.05) is 17.1 Å². The number of rotatable bonds is 6. The molecule has 0 aliphatic carbocycles. The highest BCUT2D eigenvalue weighted by atomic mass is 16.1. The highest BCUT2D eigenvalue weighted by Crippen LogP contribution is 2.18. The third-order valence-electron chi connectivity index (χ3n) is 4.61. The van der Waals surface area contributed by atoms with Crippen molar-refractivity contribution in [1.29, 1.82) is 0 Å². The number of likely N-dealkylation sites (N-methyl/N-ethyl adjacent to an activating group) is 2. The molecular weight excluding hydrogens is 290 g/mol. The Morgan fingerprint density at radius 1 is 1.39 bits per heavy atom. The number of likely N-dealkylation sites (tertiary alicyclic amines) is 1. The van der Waals surface area contributed by atoms with E-state index in [0.29, 0.717) is 12.6 Å². The zero-order valence-electron chi connectivity index (χ0n) is 15.0. The van der Waals surface area contributed by atoms with Crippen LogP contribution >= 0.6 is 0 Å².